The molecule has 1 rings (SSSR count). The molecule has 12 heavy (non-hydrogen) atoms. The third-order valence-electron chi connectivity index (χ3n) is 2.03. The Hall–Kier alpha value is 0.140. The van der Waals surface area contributed by atoms with E-state index in [4.69, 9.17) is 5.73 Å². The summed E-state index contributed by atoms with van der Waals surface area (Å²) in [6.07, 6.45) is 1.18. The largest absolute Gasteiger partial charge is 0.326 e. The average Bonchev–Trinajstić information content (AvgIpc) is 2.45. The van der Waals surface area contributed by atoms with Gasteiger partial charge < -0.3 is 5.73 Å². The Morgan fingerprint density at radius 3 is 2.75 bits per heavy atom. The summed E-state index contributed by atoms with van der Waals surface area (Å²) in [4.78, 5) is 2.69. The highest BCUT2D eigenvalue weighted by atomic mass is 79.9. The quantitative estimate of drug-likeness (QED) is 0.870. The van der Waals surface area contributed by atoms with Gasteiger partial charge in [-0.05, 0) is 34.3 Å². The molecule has 0 amide bonds. The smallest absolute Gasteiger partial charge is 0.0320 e. The maximum atomic E-state index is 5.56. The van der Waals surface area contributed by atoms with E-state index in [-0.39, 0.29) is 0 Å². The van der Waals surface area contributed by atoms with Crippen molar-refractivity contribution in [3.05, 3.63) is 20.3 Å². The number of rotatable bonds is 3. The third-order valence-corrected chi connectivity index (χ3v) is 4.33. The molecule has 1 atom stereocenters. The van der Waals surface area contributed by atoms with Gasteiger partial charge in [0.2, 0.25) is 0 Å². The van der Waals surface area contributed by atoms with E-state index < -0.39 is 0 Å². The minimum atomic E-state index is 0.643. The van der Waals surface area contributed by atoms with Crippen molar-refractivity contribution in [2.45, 2.75) is 32.7 Å². The van der Waals surface area contributed by atoms with Gasteiger partial charge in [0.05, 0.1) is 0 Å². The second-order valence-corrected chi connectivity index (χ2v) is 4.96. The monoisotopic (exact) mass is 247 g/mol. The zero-order chi connectivity index (χ0) is 9.14. The first kappa shape index (κ1) is 10.2. The van der Waals surface area contributed by atoms with Crippen molar-refractivity contribution >= 4 is 27.3 Å². The van der Waals surface area contributed by atoms with Crippen LogP contribution in [0.15, 0.2) is 10.5 Å². The molecular formula is C9H14BrNS. The van der Waals surface area contributed by atoms with Crippen LogP contribution in [0.1, 0.15) is 35.9 Å². The fourth-order valence-electron chi connectivity index (χ4n) is 1.05. The molecule has 1 aromatic heterocycles. The molecule has 0 aliphatic carbocycles. The maximum Gasteiger partial charge on any atom is 0.0320 e. The van der Waals surface area contributed by atoms with Crippen LogP contribution in [0, 0.1) is 0 Å². The standard InChI is InChI=1S/C9H14BrNS/c1-3-6(2)9-8(10)4-7(5-11)12-9/h4,6H,3,5,11H2,1-2H3. The fraction of sp³-hybridized carbons (Fsp3) is 0.556. The zero-order valence-corrected chi connectivity index (χ0v) is 9.83. The summed E-state index contributed by atoms with van der Waals surface area (Å²) in [6, 6.07) is 2.13. The lowest BCUT2D eigenvalue weighted by molar-refractivity contribution is 0.745. The second-order valence-electron chi connectivity index (χ2n) is 2.94. The molecule has 0 saturated carbocycles. The molecule has 2 N–H and O–H groups in total. The van der Waals surface area contributed by atoms with Crippen LogP contribution in [0.5, 0.6) is 0 Å². The molecule has 0 aliphatic rings. The van der Waals surface area contributed by atoms with Crippen LogP contribution >= 0.6 is 27.3 Å². The highest BCUT2D eigenvalue weighted by molar-refractivity contribution is 9.10. The van der Waals surface area contributed by atoms with E-state index in [9.17, 15) is 0 Å². The van der Waals surface area contributed by atoms with E-state index in [0.29, 0.717) is 12.5 Å². The van der Waals surface area contributed by atoms with Gasteiger partial charge in [-0.25, -0.2) is 0 Å². The molecule has 0 aliphatic heterocycles. The van der Waals surface area contributed by atoms with E-state index >= 15 is 0 Å². The van der Waals surface area contributed by atoms with E-state index in [1.54, 1.807) is 0 Å². The molecule has 0 bridgehead atoms. The summed E-state index contributed by atoms with van der Waals surface area (Å²) in [5.74, 6) is 0.643. The Morgan fingerprint density at radius 2 is 2.33 bits per heavy atom. The number of nitrogens with two attached hydrogens (primary N) is 1. The number of halogens is 1. The lowest BCUT2D eigenvalue weighted by atomic mass is 10.1. The van der Waals surface area contributed by atoms with Crippen LogP contribution in [0.2, 0.25) is 0 Å². The normalized spacial score (nSPS) is 13.3. The topological polar surface area (TPSA) is 26.0 Å². The van der Waals surface area contributed by atoms with Crippen LogP contribution in [0.25, 0.3) is 0 Å². The molecular weight excluding hydrogens is 234 g/mol. The molecule has 1 unspecified atom stereocenters. The molecule has 1 heterocycles. The van der Waals surface area contributed by atoms with Gasteiger partial charge in [-0.3, -0.25) is 0 Å². The summed E-state index contributed by atoms with van der Waals surface area (Å²) in [5, 5.41) is 0. The number of hydrogen-bond donors (Lipinski definition) is 1. The first-order chi connectivity index (χ1) is 5.69. The summed E-state index contributed by atoms with van der Waals surface area (Å²) in [5.41, 5.74) is 5.56. The Balaban J connectivity index is 2.91. The Morgan fingerprint density at radius 1 is 1.67 bits per heavy atom. The van der Waals surface area contributed by atoms with Crippen LogP contribution in [0.4, 0.5) is 0 Å². The van der Waals surface area contributed by atoms with Gasteiger partial charge in [0, 0.05) is 20.8 Å². The molecule has 0 radical (unpaired) electrons. The maximum absolute atomic E-state index is 5.56. The Kier molecular flexibility index (Phi) is 3.75. The van der Waals surface area contributed by atoms with Gasteiger partial charge in [-0.15, -0.1) is 11.3 Å². The Bertz CT molecular complexity index is 257. The minimum absolute atomic E-state index is 0.643. The highest BCUT2D eigenvalue weighted by Gasteiger charge is 2.11. The van der Waals surface area contributed by atoms with Gasteiger partial charge in [-0.2, -0.15) is 0 Å². The first-order valence-corrected chi connectivity index (χ1v) is 5.78. The molecule has 3 heteroatoms. The van der Waals surface area contributed by atoms with Gasteiger partial charge in [0.15, 0.2) is 0 Å². The van der Waals surface area contributed by atoms with E-state index in [1.165, 1.54) is 20.6 Å². The van der Waals surface area contributed by atoms with Crippen molar-refractivity contribution in [1.29, 1.82) is 0 Å². The molecule has 0 saturated heterocycles. The van der Waals surface area contributed by atoms with Crippen molar-refractivity contribution in [2.24, 2.45) is 5.73 Å². The lowest BCUT2D eigenvalue weighted by Gasteiger charge is -2.05. The molecule has 0 aromatic carbocycles. The molecule has 68 valence electrons. The molecule has 0 fully saturated rings. The van der Waals surface area contributed by atoms with Crippen molar-refractivity contribution in [3.63, 3.8) is 0 Å². The van der Waals surface area contributed by atoms with E-state index in [0.717, 1.165) is 0 Å². The minimum Gasteiger partial charge on any atom is -0.326 e. The van der Waals surface area contributed by atoms with Gasteiger partial charge in [-0.1, -0.05) is 13.8 Å². The molecule has 1 aromatic rings. The SMILES string of the molecule is CCC(C)c1sc(CN)cc1Br. The van der Waals surface area contributed by atoms with Crippen molar-refractivity contribution in [2.75, 3.05) is 0 Å². The summed E-state index contributed by atoms with van der Waals surface area (Å²) < 4.78 is 1.22. The van der Waals surface area contributed by atoms with Crippen LogP contribution in [0.3, 0.4) is 0 Å². The van der Waals surface area contributed by atoms with Crippen LogP contribution in [-0.2, 0) is 6.54 Å². The Labute approximate surface area is 86.1 Å². The predicted octanol–water partition coefficient (Wildman–Crippen LogP) is 3.48. The van der Waals surface area contributed by atoms with Crippen LogP contribution in [-0.4, -0.2) is 0 Å². The average molecular weight is 248 g/mol. The third kappa shape index (κ3) is 2.09. The molecule has 0 spiro atoms. The van der Waals surface area contributed by atoms with Crippen LogP contribution < -0.4 is 5.73 Å². The summed E-state index contributed by atoms with van der Waals surface area (Å²) in [7, 11) is 0. The number of thiophene rings is 1. The van der Waals surface area contributed by atoms with Gasteiger partial charge >= 0.3 is 0 Å². The van der Waals surface area contributed by atoms with E-state index in [1.807, 2.05) is 11.3 Å². The fourth-order valence-corrected chi connectivity index (χ4v) is 3.18. The lowest BCUT2D eigenvalue weighted by Crippen LogP contribution is -1.91. The van der Waals surface area contributed by atoms with Gasteiger partial charge in [0.25, 0.3) is 0 Å². The predicted molar refractivity (Wildman–Crippen MR) is 58.6 cm³/mol. The van der Waals surface area contributed by atoms with E-state index in [2.05, 4.69) is 35.8 Å². The van der Waals surface area contributed by atoms with Gasteiger partial charge in [0.1, 0.15) is 0 Å². The first-order valence-electron chi connectivity index (χ1n) is 4.17. The second kappa shape index (κ2) is 4.40. The van der Waals surface area contributed by atoms with Crippen molar-refractivity contribution in [1.82, 2.24) is 0 Å². The number of hydrogen-bond acceptors (Lipinski definition) is 2. The van der Waals surface area contributed by atoms with Crippen molar-refractivity contribution in [3.8, 4) is 0 Å². The molecule has 1 nitrogen and oxygen atoms in total. The zero-order valence-electron chi connectivity index (χ0n) is 7.43. The highest BCUT2D eigenvalue weighted by Crippen LogP contribution is 2.34. The van der Waals surface area contributed by atoms with Crippen molar-refractivity contribution < 1.29 is 0 Å². The summed E-state index contributed by atoms with van der Waals surface area (Å²) in [6.45, 7) is 5.11. The summed E-state index contributed by atoms with van der Waals surface area (Å²) >= 11 is 5.37.